The number of rotatable bonds is 4. The minimum absolute atomic E-state index is 0.0834. The van der Waals surface area contributed by atoms with E-state index in [2.05, 4.69) is 30.2 Å². The molecule has 1 aliphatic rings. The molecule has 11 heteroatoms. The minimum atomic E-state index is -3.74. The van der Waals surface area contributed by atoms with E-state index in [0.717, 1.165) is 6.20 Å². The summed E-state index contributed by atoms with van der Waals surface area (Å²) in [5.41, 5.74) is 0.0874. The van der Waals surface area contributed by atoms with Gasteiger partial charge in [-0.15, -0.1) is 13.9 Å². The lowest BCUT2D eigenvalue weighted by atomic mass is 10.2. The van der Waals surface area contributed by atoms with E-state index in [1.807, 2.05) is 0 Å². The van der Waals surface area contributed by atoms with E-state index >= 15 is 0 Å². The molecule has 3 rings (SSSR count). The first-order chi connectivity index (χ1) is 11.3. The van der Waals surface area contributed by atoms with Gasteiger partial charge < -0.3 is 19.5 Å². The predicted molar refractivity (Wildman–Crippen MR) is 72.5 cm³/mol. The summed E-state index contributed by atoms with van der Waals surface area (Å²) in [5.74, 6) is -1.87. The number of carbonyl (C=O) groups excluding carboxylic acids is 2. The van der Waals surface area contributed by atoms with E-state index in [1.165, 1.54) is 25.1 Å². The van der Waals surface area contributed by atoms with Gasteiger partial charge in [-0.05, 0) is 19.1 Å². The number of benzene rings is 1. The third-order valence-corrected chi connectivity index (χ3v) is 2.95. The maximum absolute atomic E-state index is 12.9. The van der Waals surface area contributed by atoms with Gasteiger partial charge in [-0.3, -0.25) is 4.79 Å². The summed E-state index contributed by atoms with van der Waals surface area (Å²) in [6.45, 7) is 1.34. The summed E-state index contributed by atoms with van der Waals surface area (Å²) >= 11 is 0. The van der Waals surface area contributed by atoms with Crippen molar-refractivity contribution in [1.29, 1.82) is 0 Å². The van der Waals surface area contributed by atoms with Crippen molar-refractivity contribution in [3.63, 3.8) is 0 Å². The summed E-state index contributed by atoms with van der Waals surface area (Å²) < 4.78 is 39.3. The number of fused-ring (bicyclic) bond motifs is 1. The van der Waals surface area contributed by atoms with Gasteiger partial charge in [-0.1, -0.05) is 0 Å². The Balaban J connectivity index is 1.62. The highest BCUT2D eigenvalue weighted by molar-refractivity contribution is 5.96. The van der Waals surface area contributed by atoms with Crippen LogP contribution in [0.3, 0.4) is 0 Å². The van der Waals surface area contributed by atoms with Gasteiger partial charge in [0.25, 0.3) is 5.91 Å². The van der Waals surface area contributed by atoms with Crippen LogP contribution in [0, 0.1) is 0 Å². The Kier molecular flexibility index (Phi) is 3.75. The summed E-state index contributed by atoms with van der Waals surface area (Å²) in [6.07, 6.45) is -3.75. The normalized spacial score (nSPS) is 15.6. The van der Waals surface area contributed by atoms with Crippen LogP contribution >= 0.6 is 0 Å². The van der Waals surface area contributed by atoms with Crippen molar-refractivity contribution in [2.45, 2.75) is 19.3 Å². The molecule has 0 aliphatic carbocycles. The highest BCUT2D eigenvalue weighted by Gasteiger charge is 2.43. The van der Waals surface area contributed by atoms with Crippen LogP contribution in [0.2, 0.25) is 0 Å². The number of aromatic nitrogens is 3. The second kappa shape index (κ2) is 5.76. The topological polar surface area (TPSA) is 115 Å². The summed E-state index contributed by atoms with van der Waals surface area (Å²) in [5, 5.41) is 11.6. The molecular weight excluding hydrogens is 330 g/mol. The molecule has 1 unspecified atom stereocenters. The molecule has 126 valence electrons. The molecule has 24 heavy (non-hydrogen) atoms. The van der Waals surface area contributed by atoms with Crippen molar-refractivity contribution >= 4 is 17.6 Å². The zero-order chi connectivity index (χ0) is 17.3. The van der Waals surface area contributed by atoms with Gasteiger partial charge in [-0.2, -0.15) is 10.3 Å². The number of ether oxygens (including phenoxy) is 3. The van der Waals surface area contributed by atoms with Crippen LogP contribution < -0.4 is 14.8 Å². The molecule has 2 N–H and O–H groups in total. The fraction of sp³-hybridized carbons (Fsp3) is 0.231. The Hall–Kier alpha value is -3.24. The molecule has 0 saturated carbocycles. The number of nitrogens with zero attached hydrogens (tertiary/aromatic N) is 2. The summed E-state index contributed by atoms with van der Waals surface area (Å²) in [6, 6.07) is 3.73. The molecule has 9 nitrogen and oxygen atoms in total. The van der Waals surface area contributed by atoms with Gasteiger partial charge in [0.15, 0.2) is 23.3 Å². The smallest absolute Gasteiger partial charge is 0.448 e. The first kappa shape index (κ1) is 15.6. The number of hydrogen-bond donors (Lipinski definition) is 2. The molecule has 2 aromatic rings. The lowest BCUT2D eigenvalue weighted by molar-refractivity contribution is -0.286. The van der Waals surface area contributed by atoms with Crippen molar-refractivity contribution in [3.8, 4) is 11.5 Å². The first-order valence-corrected chi connectivity index (χ1v) is 6.61. The minimum Gasteiger partial charge on any atom is -0.448 e. The van der Waals surface area contributed by atoms with Crippen LogP contribution in [-0.2, 0) is 9.53 Å². The third-order valence-electron chi connectivity index (χ3n) is 2.95. The molecule has 1 aromatic heterocycles. The van der Waals surface area contributed by atoms with Crippen LogP contribution in [0.1, 0.15) is 17.4 Å². The number of aromatic amines is 1. The van der Waals surface area contributed by atoms with E-state index in [1.54, 1.807) is 0 Å². The number of carbonyl (C=O) groups is 2. The molecule has 0 radical (unpaired) electrons. The molecular formula is C13H10F2N4O5. The zero-order valence-corrected chi connectivity index (χ0v) is 12.1. The van der Waals surface area contributed by atoms with Gasteiger partial charge >= 0.3 is 12.3 Å². The zero-order valence-electron chi connectivity index (χ0n) is 12.1. The number of nitrogens with one attached hydrogen (secondary N) is 2. The Morgan fingerprint density at radius 2 is 2.08 bits per heavy atom. The second-order valence-corrected chi connectivity index (χ2v) is 4.72. The van der Waals surface area contributed by atoms with E-state index in [-0.39, 0.29) is 22.9 Å². The fourth-order valence-electron chi connectivity index (χ4n) is 1.85. The number of H-pyrrole nitrogens is 1. The molecule has 0 bridgehead atoms. The molecule has 0 fully saturated rings. The van der Waals surface area contributed by atoms with Gasteiger partial charge in [-0.25, -0.2) is 4.79 Å². The quantitative estimate of drug-likeness (QED) is 0.806. The Morgan fingerprint density at radius 3 is 2.79 bits per heavy atom. The maximum atomic E-state index is 12.9. The number of amides is 1. The highest BCUT2D eigenvalue weighted by atomic mass is 19.3. The molecule has 0 spiro atoms. The van der Waals surface area contributed by atoms with Gasteiger partial charge in [0.2, 0.25) is 0 Å². The van der Waals surface area contributed by atoms with Crippen molar-refractivity contribution in [2.75, 3.05) is 5.32 Å². The fourth-order valence-corrected chi connectivity index (χ4v) is 1.85. The Labute approximate surface area is 132 Å². The average Bonchev–Trinajstić information content (AvgIpc) is 3.12. The average molecular weight is 340 g/mol. The monoisotopic (exact) mass is 340 g/mol. The van der Waals surface area contributed by atoms with E-state index < -0.39 is 24.3 Å². The van der Waals surface area contributed by atoms with Crippen LogP contribution in [0.25, 0.3) is 0 Å². The van der Waals surface area contributed by atoms with Gasteiger partial charge in [0.1, 0.15) is 0 Å². The van der Waals surface area contributed by atoms with Crippen molar-refractivity contribution in [2.24, 2.45) is 0 Å². The van der Waals surface area contributed by atoms with Crippen LogP contribution in [0.4, 0.5) is 14.5 Å². The number of halogens is 2. The van der Waals surface area contributed by atoms with Crippen molar-refractivity contribution in [1.82, 2.24) is 15.4 Å². The highest BCUT2D eigenvalue weighted by Crippen LogP contribution is 2.42. The van der Waals surface area contributed by atoms with E-state index in [9.17, 15) is 18.4 Å². The number of alkyl halides is 2. The maximum Gasteiger partial charge on any atom is 0.586 e. The second-order valence-electron chi connectivity index (χ2n) is 4.72. The van der Waals surface area contributed by atoms with Crippen molar-refractivity contribution in [3.05, 3.63) is 30.1 Å². The van der Waals surface area contributed by atoms with E-state index in [0.29, 0.717) is 0 Å². The van der Waals surface area contributed by atoms with Crippen LogP contribution in [0.5, 0.6) is 11.5 Å². The van der Waals surface area contributed by atoms with Gasteiger partial charge in [0, 0.05) is 11.8 Å². The molecule has 1 aliphatic heterocycles. The number of anilines is 1. The molecule has 2 heterocycles. The third kappa shape index (κ3) is 3.24. The van der Waals surface area contributed by atoms with Crippen LogP contribution in [0.15, 0.2) is 24.4 Å². The Bertz CT molecular complexity index is 781. The largest absolute Gasteiger partial charge is 0.586 e. The van der Waals surface area contributed by atoms with Crippen LogP contribution in [-0.4, -0.2) is 39.7 Å². The molecule has 0 saturated heterocycles. The molecule has 1 atom stereocenters. The standard InChI is InChI=1S/C13H10F2N4O5/c1-6(22-12(21)8-5-16-19-18-8)11(20)17-7-2-3-9-10(4-7)24-13(14,15)23-9/h2-6H,1H3,(H,17,20)(H,16,18,19). The predicted octanol–water partition coefficient (Wildman–Crippen LogP) is 1.31. The molecule has 1 aromatic carbocycles. The summed E-state index contributed by atoms with van der Waals surface area (Å²) in [7, 11) is 0. The summed E-state index contributed by atoms with van der Waals surface area (Å²) in [4.78, 5) is 23.6. The Morgan fingerprint density at radius 1 is 1.33 bits per heavy atom. The first-order valence-electron chi connectivity index (χ1n) is 6.61. The molecule has 1 amide bonds. The lowest BCUT2D eigenvalue weighted by Gasteiger charge is -2.12. The lowest BCUT2D eigenvalue weighted by Crippen LogP contribution is -2.30. The van der Waals surface area contributed by atoms with E-state index in [4.69, 9.17) is 4.74 Å². The number of hydrogen-bond acceptors (Lipinski definition) is 7. The SMILES string of the molecule is CC(OC(=O)c1cn[nH]n1)C(=O)Nc1ccc2c(c1)OC(F)(F)O2. The number of esters is 1. The van der Waals surface area contributed by atoms with Gasteiger partial charge in [0.05, 0.1) is 6.20 Å². The van der Waals surface area contributed by atoms with Crippen molar-refractivity contribution < 1.29 is 32.6 Å².